The van der Waals surface area contributed by atoms with E-state index < -0.39 is 23.9 Å². The number of cyclic esters (lactones) is 2. The molecular formula is C13H15NO4. The molecule has 18 heavy (non-hydrogen) atoms. The lowest BCUT2D eigenvalue weighted by Crippen LogP contribution is -2.32. The van der Waals surface area contributed by atoms with E-state index in [-0.39, 0.29) is 19.6 Å². The first kappa shape index (κ1) is 12.6. The van der Waals surface area contributed by atoms with Crippen LogP contribution < -0.4 is 5.73 Å². The Morgan fingerprint density at radius 1 is 1.06 bits per heavy atom. The minimum atomic E-state index is -0.621. The summed E-state index contributed by atoms with van der Waals surface area (Å²) in [7, 11) is 0. The lowest BCUT2D eigenvalue weighted by molar-refractivity contribution is -0.149. The van der Waals surface area contributed by atoms with Crippen LogP contribution >= 0.6 is 0 Å². The highest BCUT2D eigenvalue weighted by atomic mass is 16.6. The second kappa shape index (κ2) is 5.64. The monoisotopic (exact) mass is 249 g/mol. The van der Waals surface area contributed by atoms with Gasteiger partial charge in [-0.2, -0.15) is 0 Å². The Kier molecular flexibility index (Phi) is 3.94. The van der Waals surface area contributed by atoms with Gasteiger partial charge in [0.2, 0.25) is 0 Å². The summed E-state index contributed by atoms with van der Waals surface area (Å²) < 4.78 is 10.1. The number of benzene rings is 1. The fraction of sp³-hybridized carbons (Fsp3) is 0.385. The number of rotatable bonds is 1. The molecule has 2 N–H and O–H groups in total. The second-order valence-corrected chi connectivity index (χ2v) is 4.24. The third kappa shape index (κ3) is 3.07. The first-order valence-corrected chi connectivity index (χ1v) is 5.79. The van der Waals surface area contributed by atoms with Gasteiger partial charge in [-0.15, -0.1) is 0 Å². The predicted molar refractivity (Wildman–Crippen MR) is 63.7 cm³/mol. The molecule has 0 saturated carbocycles. The predicted octanol–water partition coefficient (Wildman–Crippen LogP) is 0.588. The fourth-order valence-electron chi connectivity index (χ4n) is 1.79. The molecule has 0 bridgehead atoms. The molecule has 0 aliphatic carbocycles. The van der Waals surface area contributed by atoms with Crippen LogP contribution in [0.3, 0.4) is 0 Å². The van der Waals surface area contributed by atoms with Crippen LogP contribution in [0, 0.1) is 0 Å². The Balaban J connectivity index is 2.20. The highest BCUT2D eigenvalue weighted by Crippen LogP contribution is 2.22. The highest BCUT2D eigenvalue weighted by Gasteiger charge is 2.28. The van der Waals surface area contributed by atoms with E-state index in [9.17, 15) is 9.59 Å². The molecule has 1 aromatic carbocycles. The highest BCUT2D eigenvalue weighted by molar-refractivity contribution is 5.84. The third-order valence-electron chi connectivity index (χ3n) is 2.76. The molecule has 2 atom stereocenters. The molecule has 96 valence electrons. The Morgan fingerprint density at radius 3 is 2.44 bits per heavy atom. The van der Waals surface area contributed by atoms with E-state index in [1.165, 1.54) is 0 Å². The Bertz CT molecular complexity index is 432. The number of carbonyl (C=O) groups excluding carboxylic acids is 2. The normalized spacial score (nSPS) is 25.4. The maximum Gasteiger partial charge on any atom is 0.314 e. The van der Waals surface area contributed by atoms with E-state index >= 15 is 0 Å². The topological polar surface area (TPSA) is 78.6 Å². The smallest absolute Gasteiger partial charge is 0.314 e. The zero-order chi connectivity index (χ0) is 13.0. The zero-order valence-electron chi connectivity index (χ0n) is 9.87. The van der Waals surface area contributed by atoms with Crippen molar-refractivity contribution < 1.29 is 19.1 Å². The summed E-state index contributed by atoms with van der Waals surface area (Å²) in [5.74, 6) is -1.49. The van der Waals surface area contributed by atoms with Crippen molar-refractivity contribution in [3.05, 3.63) is 35.9 Å². The van der Waals surface area contributed by atoms with Crippen molar-refractivity contribution in [3.8, 4) is 0 Å². The van der Waals surface area contributed by atoms with Crippen molar-refractivity contribution in [1.29, 1.82) is 0 Å². The number of hydrogen-bond donors (Lipinski definition) is 1. The van der Waals surface area contributed by atoms with Crippen molar-refractivity contribution in [1.82, 2.24) is 0 Å². The van der Waals surface area contributed by atoms with Gasteiger partial charge < -0.3 is 15.2 Å². The van der Waals surface area contributed by atoms with E-state index in [4.69, 9.17) is 15.2 Å². The minimum Gasteiger partial charge on any atom is -0.464 e. The van der Waals surface area contributed by atoms with Gasteiger partial charge in [-0.05, 0) is 5.56 Å². The van der Waals surface area contributed by atoms with Crippen molar-refractivity contribution in [2.75, 3.05) is 13.2 Å². The van der Waals surface area contributed by atoms with Gasteiger partial charge in [-0.25, -0.2) is 0 Å². The molecule has 2 unspecified atom stereocenters. The molecule has 1 fully saturated rings. The lowest BCUT2D eigenvalue weighted by Gasteiger charge is -2.14. The van der Waals surface area contributed by atoms with Gasteiger partial charge in [0.25, 0.3) is 0 Å². The van der Waals surface area contributed by atoms with Gasteiger partial charge in [-0.3, -0.25) is 9.59 Å². The van der Waals surface area contributed by atoms with Crippen LogP contribution in [0.5, 0.6) is 0 Å². The molecule has 5 nitrogen and oxygen atoms in total. The first-order chi connectivity index (χ1) is 8.66. The maximum atomic E-state index is 11.9. The summed E-state index contributed by atoms with van der Waals surface area (Å²) in [6, 6.07) is 8.58. The molecular weight excluding hydrogens is 234 g/mol. The average molecular weight is 249 g/mol. The summed E-state index contributed by atoms with van der Waals surface area (Å²) in [5, 5.41) is 0. The molecule has 1 heterocycles. The van der Waals surface area contributed by atoms with Crippen LogP contribution in [-0.2, 0) is 19.1 Å². The third-order valence-corrected chi connectivity index (χ3v) is 2.76. The summed E-state index contributed by atoms with van der Waals surface area (Å²) in [5.41, 5.74) is 6.37. The molecule has 2 rings (SSSR count). The van der Waals surface area contributed by atoms with Gasteiger partial charge in [0.05, 0.1) is 18.4 Å². The summed E-state index contributed by atoms with van der Waals surface area (Å²) in [6.45, 7) is 0.142. The summed E-state index contributed by atoms with van der Waals surface area (Å²) in [6.07, 6.45) is -0.0183. The fourth-order valence-corrected chi connectivity index (χ4v) is 1.79. The van der Waals surface area contributed by atoms with Crippen LogP contribution in [0.2, 0.25) is 0 Å². The molecule has 5 heteroatoms. The van der Waals surface area contributed by atoms with Gasteiger partial charge >= 0.3 is 11.9 Å². The average Bonchev–Trinajstić information content (AvgIpc) is 2.45. The lowest BCUT2D eigenvalue weighted by atomic mass is 9.96. The van der Waals surface area contributed by atoms with Crippen molar-refractivity contribution in [2.45, 2.75) is 18.4 Å². The van der Waals surface area contributed by atoms with Crippen LogP contribution in [0.1, 0.15) is 17.9 Å². The van der Waals surface area contributed by atoms with E-state index in [1.807, 2.05) is 18.2 Å². The van der Waals surface area contributed by atoms with Crippen molar-refractivity contribution in [3.63, 3.8) is 0 Å². The standard InChI is InChI=1S/C13H15NO4/c14-10-7-17-12(15)6-11(13(16)18-8-10)9-4-2-1-3-5-9/h1-5,10-11H,6-8,14H2. The van der Waals surface area contributed by atoms with E-state index in [1.54, 1.807) is 12.1 Å². The number of ether oxygens (including phenoxy) is 2. The quantitative estimate of drug-likeness (QED) is 0.737. The van der Waals surface area contributed by atoms with Crippen LogP contribution in [0.4, 0.5) is 0 Å². The van der Waals surface area contributed by atoms with E-state index in [2.05, 4.69) is 0 Å². The largest absolute Gasteiger partial charge is 0.464 e. The summed E-state index contributed by atoms with van der Waals surface area (Å²) in [4.78, 5) is 23.5. The molecule has 0 radical (unpaired) electrons. The zero-order valence-corrected chi connectivity index (χ0v) is 9.87. The molecule has 0 aromatic heterocycles. The van der Waals surface area contributed by atoms with Gasteiger partial charge in [-0.1, -0.05) is 30.3 Å². The molecule has 0 spiro atoms. The Hall–Kier alpha value is -1.88. The number of hydrogen-bond acceptors (Lipinski definition) is 5. The Morgan fingerprint density at radius 2 is 1.72 bits per heavy atom. The molecule has 1 saturated heterocycles. The van der Waals surface area contributed by atoms with Crippen molar-refractivity contribution in [2.24, 2.45) is 5.73 Å². The molecule has 0 amide bonds. The van der Waals surface area contributed by atoms with Crippen molar-refractivity contribution >= 4 is 11.9 Å². The van der Waals surface area contributed by atoms with Gasteiger partial charge in [0.15, 0.2) is 0 Å². The van der Waals surface area contributed by atoms with Gasteiger partial charge in [0.1, 0.15) is 13.2 Å². The number of nitrogens with two attached hydrogens (primary N) is 1. The van der Waals surface area contributed by atoms with E-state index in [0.29, 0.717) is 0 Å². The van der Waals surface area contributed by atoms with E-state index in [0.717, 1.165) is 5.56 Å². The summed E-state index contributed by atoms with van der Waals surface area (Å²) >= 11 is 0. The number of esters is 2. The maximum absolute atomic E-state index is 11.9. The van der Waals surface area contributed by atoms with Gasteiger partial charge in [0, 0.05) is 0 Å². The van der Waals surface area contributed by atoms with Crippen LogP contribution in [-0.4, -0.2) is 31.2 Å². The van der Waals surface area contributed by atoms with Crippen LogP contribution in [0.15, 0.2) is 30.3 Å². The molecule has 1 aliphatic heterocycles. The molecule has 1 aromatic rings. The first-order valence-electron chi connectivity index (χ1n) is 5.79. The Labute approximate surface area is 105 Å². The number of carbonyl (C=O) groups is 2. The SMILES string of the molecule is NC1COC(=O)CC(c2ccccc2)C(=O)OC1. The minimum absolute atomic E-state index is 0.0183. The second-order valence-electron chi connectivity index (χ2n) is 4.24. The van der Waals surface area contributed by atoms with Crippen LogP contribution in [0.25, 0.3) is 0 Å². The molecule has 1 aliphatic rings.